The number of amides is 1. The number of esters is 1. The molecule has 0 bridgehead atoms. The molecule has 0 radical (unpaired) electrons. The summed E-state index contributed by atoms with van der Waals surface area (Å²) in [6.45, 7) is 4.12. The molecule has 0 N–H and O–H groups in total. The molecule has 2 saturated heterocycles. The minimum atomic E-state index is -0.416. The Morgan fingerprint density at radius 1 is 1.14 bits per heavy atom. The number of piperidine rings is 1. The van der Waals surface area contributed by atoms with Gasteiger partial charge < -0.3 is 14.4 Å². The van der Waals surface area contributed by atoms with Crippen molar-refractivity contribution in [1.29, 1.82) is 0 Å². The lowest BCUT2D eigenvalue weighted by Gasteiger charge is -2.36. The van der Waals surface area contributed by atoms with Gasteiger partial charge in [0.15, 0.2) is 0 Å². The molecule has 0 aliphatic carbocycles. The fourth-order valence-corrected chi connectivity index (χ4v) is 4.38. The molecule has 2 aliphatic heterocycles. The number of likely N-dealkylation sites (tertiary alicyclic amines) is 2. The number of methoxy groups -OCH3 is 1. The number of hydrogen-bond donors (Lipinski definition) is 0. The van der Waals surface area contributed by atoms with Crippen LogP contribution in [0.4, 0.5) is 0 Å². The summed E-state index contributed by atoms with van der Waals surface area (Å²) in [7, 11) is 1.68. The zero-order valence-electron chi connectivity index (χ0n) is 17.1. The van der Waals surface area contributed by atoms with E-state index in [0.29, 0.717) is 32.2 Å². The number of benzene rings is 1. The predicted octanol–water partition coefficient (Wildman–Crippen LogP) is 2.65. The van der Waals surface area contributed by atoms with Crippen LogP contribution in [0.15, 0.2) is 24.3 Å². The second-order valence-electron chi connectivity index (χ2n) is 7.67. The van der Waals surface area contributed by atoms with Gasteiger partial charge in [0.25, 0.3) is 0 Å². The van der Waals surface area contributed by atoms with E-state index in [0.717, 1.165) is 44.4 Å². The predicted molar refractivity (Wildman–Crippen MR) is 107 cm³/mol. The lowest BCUT2D eigenvalue weighted by atomic mass is 10.0. The van der Waals surface area contributed by atoms with E-state index in [-0.39, 0.29) is 11.9 Å². The van der Waals surface area contributed by atoms with Crippen LogP contribution in [0, 0.1) is 0 Å². The summed E-state index contributed by atoms with van der Waals surface area (Å²) in [5, 5.41) is 0. The SMILES string of the molecule is CCOC(=O)[C@@H]1CCCCN1C(=O)CN1CCC[C@H]1Cc1cccc(OC)c1. The topological polar surface area (TPSA) is 59.1 Å². The highest BCUT2D eigenvalue weighted by Gasteiger charge is 2.35. The lowest BCUT2D eigenvalue weighted by molar-refractivity contribution is -0.157. The average Bonchev–Trinajstić information content (AvgIpc) is 3.14. The summed E-state index contributed by atoms with van der Waals surface area (Å²) in [6, 6.07) is 8.08. The minimum Gasteiger partial charge on any atom is -0.497 e. The third-order valence-corrected chi connectivity index (χ3v) is 5.82. The number of rotatable bonds is 7. The van der Waals surface area contributed by atoms with Crippen molar-refractivity contribution < 1.29 is 19.1 Å². The summed E-state index contributed by atoms with van der Waals surface area (Å²) in [5.41, 5.74) is 1.23. The highest BCUT2D eigenvalue weighted by molar-refractivity contribution is 5.85. The molecule has 28 heavy (non-hydrogen) atoms. The summed E-state index contributed by atoms with van der Waals surface area (Å²) in [4.78, 5) is 29.3. The van der Waals surface area contributed by atoms with Crippen LogP contribution in [0.1, 0.15) is 44.6 Å². The van der Waals surface area contributed by atoms with Gasteiger partial charge >= 0.3 is 5.97 Å². The van der Waals surface area contributed by atoms with Crippen molar-refractivity contribution in [3.8, 4) is 5.75 Å². The van der Waals surface area contributed by atoms with Crippen LogP contribution in [0.2, 0.25) is 0 Å². The van der Waals surface area contributed by atoms with Crippen LogP contribution in [-0.2, 0) is 20.7 Å². The second-order valence-corrected chi connectivity index (χ2v) is 7.67. The molecule has 0 spiro atoms. The normalized spacial score (nSPS) is 22.9. The van der Waals surface area contributed by atoms with Gasteiger partial charge in [0, 0.05) is 12.6 Å². The number of carbonyl (C=O) groups excluding carboxylic acids is 2. The number of nitrogens with zero attached hydrogens (tertiary/aromatic N) is 2. The molecule has 0 unspecified atom stereocenters. The van der Waals surface area contributed by atoms with Gasteiger partial charge in [-0.1, -0.05) is 12.1 Å². The second kappa shape index (κ2) is 9.92. The Morgan fingerprint density at radius 3 is 2.79 bits per heavy atom. The smallest absolute Gasteiger partial charge is 0.328 e. The van der Waals surface area contributed by atoms with Gasteiger partial charge in [0.05, 0.1) is 20.3 Å². The van der Waals surface area contributed by atoms with E-state index >= 15 is 0 Å². The molecule has 2 atom stereocenters. The Hall–Kier alpha value is -2.08. The quantitative estimate of drug-likeness (QED) is 0.672. The molecule has 3 rings (SSSR count). The summed E-state index contributed by atoms with van der Waals surface area (Å²) in [6.07, 6.45) is 5.73. The molecule has 2 fully saturated rings. The van der Waals surface area contributed by atoms with E-state index in [9.17, 15) is 9.59 Å². The molecule has 1 aromatic rings. The van der Waals surface area contributed by atoms with Crippen LogP contribution in [0.5, 0.6) is 5.75 Å². The number of carbonyl (C=O) groups is 2. The largest absolute Gasteiger partial charge is 0.497 e. The third-order valence-electron chi connectivity index (χ3n) is 5.82. The van der Waals surface area contributed by atoms with Gasteiger partial charge in [-0.3, -0.25) is 9.69 Å². The summed E-state index contributed by atoms with van der Waals surface area (Å²) < 4.78 is 10.5. The van der Waals surface area contributed by atoms with Gasteiger partial charge in [-0.25, -0.2) is 4.79 Å². The van der Waals surface area contributed by atoms with Gasteiger partial charge in [0.2, 0.25) is 5.91 Å². The molecule has 2 aliphatic rings. The molecule has 6 nitrogen and oxygen atoms in total. The number of ether oxygens (including phenoxy) is 2. The first kappa shape index (κ1) is 20.6. The van der Waals surface area contributed by atoms with Crippen molar-refractivity contribution in [1.82, 2.24) is 9.80 Å². The Bertz CT molecular complexity index is 678. The first-order valence-electron chi connectivity index (χ1n) is 10.5. The van der Waals surface area contributed by atoms with Crippen molar-refractivity contribution in [3.63, 3.8) is 0 Å². The van der Waals surface area contributed by atoms with Crippen molar-refractivity contribution >= 4 is 11.9 Å². The van der Waals surface area contributed by atoms with Crippen molar-refractivity contribution in [2.24, 2.45) is 0 Å². The molecule has 1 amide bonds. The highest BCUT2D eigenvalue weighted by atomic mass is 16.5. The van der Waals surface area contributed by atoms with E-state index in [1.54, 1.807) is 18.9 Å². The lowest BCUT2D eigenvalue weighted by Crippen LogP contribution is -2.52. The molecule has 0 aromatic heterocycles. The first-order chi connectivity index (χ1) is 13.6. The zero-order chi connectivity index (χ0) is 19.9. The van der Waals surface area contributed by atoms with Crippen LogP contribution in [-0.4, -0.2) is 67.1 Å². The van der Waals surface area contributed by atoms with Crippen LogP contribution < -0.4 is 4.74 Å². The molecule has 6 heteroatoms. The minimum absolute atomic E-state index is 0.0512. The Labute approximate surface area is 167 Å². The van der Waals surface area contributed by atoms with Gasteiger partial charge in [-0.15, -0.1) is 0 Å². The maximum atomic E-state index is 13.0. The Morgan fingerprint density at radius 2 is 2.00 bits per heavy atom. The number of hydrogen-bond acceptors (Lipinski definition) is 5. The molecule has 154 valence electrons. The zero-order valence-corrected chi connectivity index (χ0v) is 17.1. The molecular formula is C22H32N2O4. The summed E-state index contributed by atoms with van der Waals surface area (Å²) >= 11 is 0. The van der Waals surface area contributed by atoms with Gasteiger partial charge in [0.1, 0.15) is 11.8 Å². The Kier molecular flexibility index (Phi) is 7.31. The fourth-order valence-electron chi connectivity index (χ4n) is 4.38. The fraction of sp³-hybridized carbons (Fsp3) is 0.636. The standard InChI is InChI=1S/C22H32N2O4/c1-3-28-22(26)20-11-4-5-13-24(20)21(25)16-23-12-7-9-18(23)14-17-8-6-10-19(15-17)27-2/h6,8,10,15,18,20H,3-5,7,9,11-14,16H2,1-2H3/t18-,20-/m0/s1. The summed E-state index contributed by atoms with van der Waals surface area (Å²) in [5.74, 6) is 0.656. The van der Waals surface area contributed by atoms with E-state index in [1.165, 1.54) is 5.56 Å². The Balaban J connectivity index is 1.62. The van der Waals surface area contributed by atoms with E-state index in [4.69, 9.17) is 9.47 Å². The van der Waals surface area contributed by atoms with Crippen molar-refractivity contribution in [2.75, 3.05) is 33.4 Å². The van der Waals surface area contributed by atoms with E-state index < -0.39 is 6.04 Å². The van der Waals surface area contributed by atoms with Crippen LogP contribution in [0.25, 0.3) is 0 Å². The van der Waals surface area contributed by atoms with Gasteiger partial charge in [-0.2, -0.15) is 0 Å². The van der Waals surface area contributed by atoms with Crippen LogP contribution in [0.3, 0.4) is 0 Å². The monoisotopic (exact) mass is 388 g/mol. The third kappa shape index (κ3) is 5.04. The van der Waals surface area contributed by atoms with Crippen molar-refractivity contribution in [2.45, 2.75) is 57.5 Å². The van der Waals surface area contributed by atoms with E-state index in [1.807, 2.05) is 12.1 Å². The maximum Gasteiger partial charge on any atom is 0.328 e. The van der Waals surface area contributed by atoms with Gasteiger partial charge in [-0.05, 0) is 69.7 Å². The maximum absolute atomic E-state index is 13.0. The molecule has 1 aromatic carbocycles. The molecular weight excluding hydrogens is 356 g/mol. The van der Waals surface area contributed by atoms with Crippen LogP contribution >= 0.6 is 0 Å². The van der Waals surface area contributed by atoms with Crippen molar-refractivity contribution in [3.05, 3.63) is 29.8 Å². The average molecular weight is 389 g/mol. The highest BCUT2D eigenvalue weighted by Crippen LogP contribution is 2.24. The van der Waals surface area contributed by atoms with E-state index in [2.05, 4.69) is 17.0 Å². The molecule has 0 saturated carbocycles. The first-order valence-corrected chi connectivity index (χ1v) is 10.5. The molecule has 2 heterocycles.